The number of carbonyl (C=O) groups is 1. The monoisotopic (exact) mass is 401 g/mol. The van der Waals surface area contributed by atoms with Gasteiger partial charge in [-0.3, -0.25) is 0 Å². The largest absolute Gasteiger partial charge is 0.445 e. The molecule has 0 saturated carbocycles. The molecule has 0 bridgehead atoms. The smallest absolute Gasteiger partial charge is 0.407 e. The molecule has 0 aliphatic carbocycles. The molecular weight excluding hydrogens is 372 g/mol. The molecule has 1 aliphatic rings. The summed E-state index contributed by atoms with van der Waals surface area (Å²) in [5, 5.41) is 2.85. The third-order valence-electron chi connectivity index (χ3n) is 5.16. The van der Waals surface area contributed by atoms with Gasteiger partial charge in [-0.2, -0.15) is 0 Å². The Labute approximate surface area is 169 Å². The Balaban J connectivity index is 2.19. The van der Waals surface area contributed by atoms with Crippen LogP contribution in [0.15, 0.2) is 69.9 Å². The lowest BCUT2D eigenvalue weighted by Gasteiger charge is -2.47. The van der Waals surface area contributed by atoms with Crippen LogP contribution in [-0.2, 0) is 14.5 Å². The average molecular weight is 402 g/mol. The zero-order valence-electron chi connectivity index (χ0n) is 17.7. The van der Waals surface area contributed by atoms with Crippen LogP contribution in [0.5, 0.6) is 0 Å². The topological polar surface area (TPSA) is 67.8 Å². The Kier molecular flexibility index (Phi) is 5.40. The molecular formula is C22H28N2O3S. The maximum Gasteiger partial charge on any atom is 0.407 e. The second-order valence-electron chi connectivity index (χ2n) is 7.59. The number of alkyl carbamates (subject to hydrolysis) is 1. The third-order valence-corrected chi connectivity index (χ3v) is 7.46. The van der Waals surface area contributed by atoms with Crippen LogP contribution in [0.2, 0.25) is 0 Å². The fourth-order valence-electron chi connectivity index (χ4n) is 3.85. The Morgan fingerprint density at radius 3 is 2.29 bits per heavy atom. The number of ether oxygens (including phenoxy) is 1. The van der Waals surface area contributed by atoms with Gasteiger partial charge >= 0.3 is 6.09 Å². The lowest BCUT2D eigenvalue weighted by molar-refractivity contribution is -0.00144. The van der Waals surface area contributed by atoms with Gasteiger partial charge in [-0.1, -0.05) is 62.4 Å². The lowest BCUT2D eigenvalue weighted by Crippen LogP contribution is -2.63. The normalized spacial score (nSPS) is 28.5. The van der Waals surface area contributed by atoms with Gasteiger partial charge in [0.05, 0.1) is 21.0 Å². The zero-order valence-corrected chi connectivity index (χ0v) is 17.5. The first-order valence-corrected chi connectivity index (χ1v) is 11.0. The van der Waals surface area contributed by atoms with Crippen molar-refractivity contribution in [2.75, 3.05) is 12.8 Å². The molecule has 1 N–H and O–H groups in total. The maximum atomic E-state index is 14.0. The molecule has 0 radical (unpaired) electrons. The van der Waals surface area contributed by atoms with Crippen LogP contribution >= 0.6 is 0 Å². The molecule has 1 fully saturated rings. The van der Waals surface area contributed by atoms with Gasteiger partial charge in [-0.25, -0.2) is 13.4 Å². The maximum absolute atomic E-state index is 14.0. The van der Waals surface area contributed by atoms with E-state index in [1.54, 1.807) is 31.2 Å². The second kappa shape index (κ2) is 7.95. The van der Waals surface area contributed by atoms with Gasteiger partial charge in [0.1, 0.15) is 6.10 Å². The summed E-state index contributed by atoms with van der Waals surface area (Å²) in [7, 11) is -1.66. The number of cyclic esters (lactones) is 1. The number of nitrogens with zero attached hydrogens (tertiary/aromatic N) is 1. The van der Waals surface area contributed by atoms with Crippen molar-refractivity contribution in [2.24, 2.45) is 10.3 Å². The van der Waals surface area contributed by atoms with Crippen molar-refractivity contribution in [1.29, 1.82) is 0 Å². The van der Waals surface area contributed by atoms with Crippen molar-refractivity contribution in [3.63, 3.8) is 0 Å². The number of rotatable bonds is 5. The van der Waals surface area contributed by atoms with Crippen LogP contribution in [0, 0.1) is 5.92 Å². The highest BCUT2D eigenvalue weighted by Gasteiger charge is 2.50. The van der Waals surface area contributed by atoms with E-state index < -0.39 is 33.2 Å². The Morgan fingerprint density at radius 2 is 1.75 bits per heavy atom. The fourth-order valence-corrected chi connectivity index (χ4v) is 5.72. The average Bonchev–Trinajstić information content (AvgIpc) is 2.73. The number of nitrogens with one attached hydrogen (secondary N) is 1. The summed E-state index contributed by atoms with van der Waals surface area (Å²) in [5.74, 6) is -0.348. The number of carbonyl (C=O) groups excluding carboxylic acids is 1. The molecule has 2 aromatic carbocycles. The van der Waals surface area contributed by atoms with Crippen molar-refractivity contribution in [1.82, 2.24) is 5.32 Å². The van der Waals surface area contributed by atoms with E-state index in [1.807, 2.05) is 50.2 Å². The predicted octanol–water partition coefficient (Wildman–Crippen LogP) is 4.45. The van der Waals surface area contributed by atoms with Gasteiger partial charge in [-0.15, -0.1) is 0 Å². The SMILES string of the molecule is [2H]C([C@@]1(C)NC(=O)O[C@@H](C(C)C)[C@@H]1c1ccccc1)S(=O)(=NC)c1ccccc1. The van der Waals surface area contributed by atoms with E-state index in [1.165, 1.54) is 7.05 Å². The van der Waals surface area contributed by atoms with Crippen molar-refractivity contribution in [2.45, 2.75) is 43.2 Å². The summed E-state index contributed by atoms with van der Waals surface area (Å²) in [4.78, 5) is 13.0. The predicted molar refractivity (Wildman–Crippen MR) is 112 cm³/mol. The zero-order chi connectivity index (χ0) is 21.2. The summed E-state index contributed by atoms with van der Waals surface area (Å²) in [6.45, 7) is 5.75. The van der Waals surface area contributed by atoms with Crippen LogP contribution in [-0.4, -0.2) is 34.7 Å². The third kappa shape index (κ3) is 3.92. The molecule has 1 aliphatic heterocycles. The molecule has 0 aromatic heterocycles. The first-order valence-electron chi connectivity index (χ1n) is 9.97. The van der Waals surface area contributed by atoms with Gasteiger partial charge in [0.25, 0.3) is 0 Å². The molecule has 3 rings (SSSR count). The van der Waals surface area contributed by atoms with E-state index in [0.717, 1.165) is 5.56 Å². The molecule has 5 atom stereocenters. The number of benzene rings is 2. The second-order valence-corrected chi connectivity index (χ2v) is 9.80. The molecule has 1 heterocycles. The minimum absolute atomic E-state index is 0.0177. The van der Waals surface area contributed by atoms with E-state index in [2.05, 4.69) is 9.68 Å². The van der Waals surface area contributed by atoms with E-state index in [0.29, 0.717) is 4.90 Å². The minimum atomic E-state index is -3.13. The minimum Gasteiger partial charge on any atom is -0.445 e. The van der Waals surface area contributed by atoms with Crippen molar-refractivity contribution < 1.29 is 15.1 Å². The van der Waals surface area contributed by atoms with Gasteiger partial charge in [0.2, 0.25) is 0 Å². The lowest BCUT2D eigenvalue weighted by atomic mass is 9.74. The first-order chi connectivity index (χ1) is 13.7. The van der Waals surface area contributed by atoms with Crippen LogP contribution < -0.4 is 5.32 Å². The highest BCUT2D eigenvalue weighted by atomic mass is 32.2. The van der Waals surface area contributed by atoms with Crippen LogP contribution in [0.1, 0.15) is 33.6 Å². The standard InChI is InChI=1S/C22H28N2O3S/c1-16(2)20-19(17-11-7-5-8-12-17)22(3,24-21(25)27-20)15-28(26,23-4)18-13-9-6-10-14-18/h5-14,16,19-20H,15H2,1-4H3,(H,24,25)/t19-,20-,22+,28?/m0/s1/i15D/t15?,19-,20-,22+,28?. The summed E-state index contributed by atoms with van der Waals surface area (Å²) in [6.07, 6.45) is -1.05. The molecule has 150 valence electrons. The molecule has 2 aromatic rings. The van der Waals surface area contributed by atoms with Crippen molar-refractivity contribution >= 4 is 15.8 Å². The Morgan fingerprint density at radius 1 is 1.18 bits per heavy atom. The summed E-state index contributed by atoms with van der Waals surface area (Å²) < 4.78 is 32.9. The molecule has 6 heteroatoms. The van der Waals surface area contributed by atoms with Gasteiger partial charge < -0.3 is 10.1 Å². The van der Waals surface area contributed by atoms with Crippen LogP contribution in [0.25, 0.3) is 0 Å². The number of hydrogen-bond acceptors (Lipinski definition) is 4. The molecule has 5 nitrogen and oxygen atoms in total. The Hall–Kier alpha value is -2.34. The van der Waals surface area contributed by atoms with Crippen LogP contribution in [0.3, 0.4) is 0 Å². The van der Waals surface area contributed by atoms with Crippen molar-refractivity contribution in [3.05, 3.63) is 66.2 Å². The molecule has 28 heavy (non-hydrogen) atoms. The van der Waals surface area contributed by atoms with E-state index in [-0.39, 0.29) is 11.8 Å². The molecule has 2 unspecified atom stereocenters. The Bertz CT molecular complexity index is 974. The molecule has 1 saturated heterocycles. The summed E-state index contributed by atoms with van der Waals surface area (Å²) in [5.41, 5.74) is -1.43. The van der Waals surface area contributed by atoms with Gasteiger partial charge in [0.15, 0.2) is 0 Å². The summed E-state index contributed by atoms with van der Waals surface area (Å²) >= 11 is 0. The molecule has 0 spiro atoms. The first kappa shape index (κ1) is 19.0. The number of amides is 1. The highest BCUT2D eigenvalue weighted by Crippen LogP contribution is 2.41. The number of hydrogen-bond donors (Lipinski definition) is 1. The summed E-state index contributed by atoms with van der Waals surface area (Å²) in [6, 6.07) is 18.5. The van der Waals surface area contributed by atoms with Crippen LogP contribution in [0.4, 0.5) is 4.79 Å². The quantitative estimate of drug-likeness (QED) is 0.805. The van der Waals surface area contributed by atoms with Crippen molar-refractivity contribution in [3.8, 4) is 0 Å². The van der Waals surface area contributed by atoms with Gasteiger partial charge in [0, 0.05) is 19.2 Å². The van der Waals surface area contributed by atoms with E-state index in [9.17, 15) is 9.00 Å². The van der Waals surface area contributed by atoms with Gasteiger partial charge in [-0.05, 0) is 30.5 Å². The van der Waals surface area contributed by atoms with E-state index in [4.69, 9.17) is 6.11 Å². The molecule has 1 amide bonds. The van der Waals surface area contributed by atoms with E-state index >= 15 is 0 Å². The highest BCUT2D eigenvalue weighted by molar-refractivity contribution is 7.93. The fraction of sp³-hybridized carbons (Fsp3) is 0.409.